The summed E-state index contributed by atoms with van der Waals surface area (Å²) in [5.41, 5.74) is 0.460. The van der Waals surface area contributed by atoms with Crippen molar-refractivity contribution >= 4 is 33.4 Å². The zero-order valence-electron chi connectivity index (χ0n) is 14.4. The molecule has 1 saturated heterocycles. The number of hydrogen-bond donors (Lipinski definition) is 1. The molecule has 1 atom stereocenters. The third-order valence-corrected chi connectivity index (χ3v) is 5.44. The molecule has 8 heteroatoms. The van der Waals surface area contributed by atoms with Gasteiger partial charge in [-0.1, -0.05) is 6.92 Å². The predicted molar refractivity (Wildman–Crippen MR) is 96.4 cm³/mol. The maximum absolute atomic E-state index is 12.8. The normalized spacial score (nSPS) is 17.7. The van der Waals surface area contributed by atoms with Gasteiger partial charge in [0.25, 0.3) is 5.56 Å². The summed E-state index contributed by atoms with van der Waals surface area (Å²) in [6.45, 7) is 2.66. The quantitative estimate of drug-likeness (QED) is 0.897. The Morgan fingerprint density at radius 3 is 3.00 bits per heavy atom. The van der Waals surface area contributed by atoms with Crippen LogP contribution in [0.15, 0.2) is 16.2 Å². The smallest absolute Gasteiger partial charge is 0.268 e. The Morgan fingerprint density at radius 2 is 2.24 bits per heavy atom. The molecule has 1 aliphatic heterocycles. The monoisotopic (exact) mass is 362 g/mol. The minimum Gasteiger partial charge on any atom is -0.336 e. The first kappa shape index (κ1) is 17.6. The molecule has 1 aliphatic rings. The third kappa shape index (κ3) is 3.58. The van der Waals surface area contributed by atoms with E-state index < -0.39 is 6.04 Å². The fraction of sp³-hybridized carbons (Fsp3) is 0.529. The van der Waals surface area contributed by atoms with Crippen molar-refractivity contribution in [3.63, 3.8) is 0 Å². The second-order valence-corrected chi connectivity index (χ2v) is 7.21. The number of fused-ring (bicyclic) bond motifs is 1. The summed E-state index contributed by atoms with van der Waals surface area (Å²) >= 11 is 1.35. The van der Waals surface area contributed by atoms with Gasteiger partial charge in [-0.05, 0) is 30.7 Å². The number of aromatic nitrogens is 2. The molecule has 2 aromatic rings. The Kier molecular flexibility index (Phi) is 5.17. The van der Waals surface area contributed by atoms with Gasteiger partial charge in [-0.25, -0.2) is 4.98 Å². The Labute approximate surface area is 149 Å². The molecule has 2 amide bonds. The SMILES string of the molecule is CCC(=O)N1CCCC[C@@H]1C(=O)N(C)Cc1nc2ccsc2c(=O)[nH]1. The molecule has 0 spiro atoms. The molecule has 3 rings (SSSR count). The number of carbonyl (C=O) groups excluding carboxylic acids is 2. The van der Waals surface area contributed by atoms with Crippen molar-refractivity contribution in [1.29, 1.82) is 0 Å². The van der Waals surface area contributed by atoms with Crippen molar-refractivity contribution in [2.24, 2.45) is 0 Å². The minimum absolute atomic E-state index is 0.0117. The molecule has 1 fully saturated rings. The van der Waals surface area contributed by atoms with Gasteiger partial charge in [0.1, 0.15) is 16.6 Å². The first-order valence-electron chi connectivity index (χ1n) is 8.52. The highest BCUT2D eigenvalue weighted by atomic mass is 32.1. The average Bonchev–Trinajstić information content (AvgIpc) is 3.09. The summed E-state index contributed by atoms with van der Waals surface area (Å²) in [6, 6.07) is 1.38. The number of likely N-dealkylation sites (tertiary alicyclic amines) is 1. The van der Waals surface area contributed by atoms with Gasteiger partial charge in [-0.3, -0.25) is 14.4 Å². The number of aromatic amines is 1. The van der Waals surface area contributed by atoms with Crippen molar-refractivity contribution in [3.8, 4) is 0 Å². The highest BCUT2D eigenvalue weighted by Gasteiger charge is 2.33. The van der Waals surface area contributed by atoms with Crippen molar-refractivity contribution in [1.82, 2.24) is 19.8 Å². The Bertz CT molecular complexity index is 844. The first-order valence-corrected chi connectivity index (χ1v) is 9.40. The Morgan fingerprint density at radius 1 is 1.44 bits per heavy atom. The first-order chi connectivity index (χ1) is 12.0. The largest absolute Gasteiger partial charge is 0.336 e. The second kappa shape index (κ2) is 7.35. The van der Waals surface area contributed by atoms with E-state index in [2.05, 4.69) is 9.97 Å². The van der Waals surface area contributed by atoms with E-state index in [0.717, 1.165) is 12.8 Å². The second-order valence-electron chi connectivity index (χ2n) is 6.29. The van der Waals surface area contributed by atoms with Gasteiger partial charge < -0.3 is 14.8 Å². The highest BCUT2D eigenvalue weighted by molar-refractivity contribution is 7.17. The maximum atomic E-state index is 12.8. The van der Waals surface area contributed by atoms with Gasteiger partial charge >= 0.3 is 0 Å². The van der Waals surface area contributed by atoms with Crippen molar-refractivity contribution in [2.75, 3.05) is 13.6 Å². The van der Waals surface area contributed by atoms with Crippen molar-refractivity contribution in [3.05, 3.63) is 27.6 Å². The van der Waals surface area contributed by atoms with Crippen LogP contribution in [0, 0.1) is 0 Å². The number of thiophene rings is 1. The molecule has 0 unspecified atom stereocenters. The molecule has 0 aromatic carbocycles. The molecule has 134 valence electrons. The van der Waals surface area contributed by atoms with Gasteiger partial charge in [0.05, 0.1) is 12.1 Å². The number of H-pyrrole nitrogens is 1. The third-order valence-electron chi connectivity index (χ3n) is 4.54. The lowest BCUT2D eigenvalue weighted by Crippen LogP contribution is -2.52. The molecule has 0 bridgehead atoms. The Hall–Kier alpha value is -2.22. The van der Waals surface area contributed by atoms with Crippen molar-refractivity contribution in [2.45, 2.75) is 45.2 Å². The van der Waals surface area contributed by atoms with Gasteiger partial charge in [-0.2, -0.15) is 0 Å². The lowest BCUT2D eigenvalue weighted by molar-refractivity contribution is -0.147. The van der Waals surface area contributed by atoms with Gasteiger partial charge in [0.2, 0.25) is 11.8 Å². The van der Waals surface area contributed by atoms with Gasteiger partial charge in [-0.15, -0.1) is 11.3 Å². The summed E-state index contributed by atoms with van der Waals surface area (Å²) in [4.78, 5) is 47.4. The molecular formula is C17H22N4O3S. The number of rotatable bonds is 4. The molecule has 25 heavy (non-hydrogen) atoms. The predicted octanol–water partition coefficient (Wildman–Crippen LogP) is 1.73. The zero-order chi connectivity index (χ0) is 18.0. The van der Waals surface area contributed by atoms with Crippen molar-refractivity contribution < 1.29 is 9.59 Å². The molecule has 0 saturated carbocycles. The number of carbonyl (C=O) groups is 2. The fourth-order valence-corrected chi connectivity index (χ4v) is 3.97. The van der Waals surface area contributed by atoms with E-state index in [1.807, 2.05) is 12.3 Å². The Balaban J connectivity index is 1.76. The fourth-order valence-electron chi connectivity index (χ4n) is 3.24. The van der Waals surface area contributed by atoms with Crippen LogP contribution in [-0.2, 0) is 16.1 Å². The average molecular weight is 362 g/mol. The maximum Gasteiger partial charge on any atom is 0.268 e. The summed E-state index contributed by atoms with van der Waals surface area (Å²) in [5.74, 6) is 0.364. The molecule has 7 nitrogen and oxygen atoms in total. The lowest BCUT2D eigenvalue weighted by atomic mass is 10.0. The van der Waals surface area contributed by atoms with E-state index in [1.54, 1.807) is 22.9 Å². The van der Waals surface area contributed by atoms with Crippen LogP contribution in [0.2, 0.25) is 0 Å². The van der Waals surface area contributed by atoms with Crippen LogP contribution in [0.25, 0.3) is 10.2 Å². The van der Waals surface area contributed by atoms with E-state index in [-0.39, 0.29) is 23.9 Å². The van der Waals surface area contributed by atoms with Crippen LogP contribution >= 0.6 is 11.3 Å². The van der Waals surface area contributed by atoms with Crippen LogP contribution < -0.4 is 5.56 Å². The van der Waals surface area contributed by atoms with Crippen LogP contribution in [0.5, 0.6) is 0 Å². The van der Waals surface area contributed by atoms with Gasteiger partial charge in [0.15, 0.2) is 0 Å². The topological polar surface area (TPSA) is 86.4 Å². The molecule has 2 aromatic heterocycles. The number of hydrogen-bond acceptors (Lipinski definition) is 5. The number of likely N-dealkylation sites (N-methyl/N-ethyl adjacent to an activating group) is 1. The van der Waals surface area contributed by atoms with Crippen LogP contribution in [0.1, 0.15) is 38.4 Å². The van der Waals surface area contributed by atoms with Crippen LogP contribution in [-0.4, -0.2) is 51.2 Å². The van der Waals surface area contributed by atoms with E-state index in [9.17, 15) is 14.4 Å². The van der Waals surface area contributed by atoms with Crippen LogP contribution in [0.4, 0.5) is 0 Å². The van der Waals surface area contributed by atoms with E-state index in [0.29, 0.717) is 35.4 Å². The van der Waals surface area contributed by atoms with E-state index in [4.69, 9.17) is 0 Å². The number of nitrogens with one attached hydrogen (secondary N) is 1. The minimum atomic E-state index is -0.414. The molecule has 0 aliphatic carbocycles. The number of nitrogens with zero attached hydrogens (tertiary/aromatic N) is 3. The number of amides is 2. The highest BCUT2D eigenvalue weighted by Crippen LogP contribution is 2.20. The summed E-state index contributed by atoms with van der Waals surface area (Å²) < 4.78 is 0.588. The lowest BCUT2D eigenvalue weighted by Gasteiger charge is -2.36. The molecule has 1 N–H and O–H groups in total. The molecular weight excluding hydrogens is 340 g/mol. The van der Waals surface area contributed by atoms with E-state index in [1.165, 1.54) is 11.3 Å². The number of piperidine rings is 1. The molecule has 0 radical (unpaired) electrons. The molecule has 3 heterocycles. The standard InChI is InChI=1S/C17H22N4O3S/c1-3-14(22)21-8-5-4-6-12(21)17(24)20(2)10-13-18-11-7-9-25-15(11)16(23)19-13/h7,9,12H,3-6,8,10H2,1-2H3,(H,18,19,23)/t12-/m1/s1. The summed E-state index contributed by atoms with van der Waals surface area (Å²) in [5, 5.41) is 1.82. The summed E-state index contributed by atoms with van der Waals surface area (Å²) in [6.07, 6.45) is 2.95. The summed E-state index contributed by atoms with van der Waals surface area (Å²) in [7, 11) is 1.68. The van der Waals surface area contributed by atoms with E-state index >= 15 is 0 Å². The zero-order valence-corrected chi connectivity index (χ0v) is 15.3. The van der Waals surface area contributed by atoms with Gasteiger partial charge in [0, 0.05) is 20.0 Å². The van der Waals surface area contributed by atoms with Crippen LogP contribution in [0.3, 0.4) is 0 Å².